The number of H-pyrrole nitrogens is 1. The molecule has 0 atom stereocenters. The number of rotatable bonds is 1. The third-order valence-corrected chi connectivity index (χ3v) is 4.44. The zero-order valence-electron chi connectivity index (χ0n) is 10.4. The molecule has 3 aromatic rings. The Morgan fingerprint density at radius 2 is 2.00 bits per heavy atom. The molecule has 1 aromatic heterocycles. The zero-order valence-corrected chi connectivity index (χ0v) is 12.8. The fourth-order valence-electron chi connectivity index (χ4n) is 2.18. The predicted octanol–water partition coefficient (Wildman–Crippen LogP) is 5.04. The van der Waals surface area contributed by atoms with Crippen LogP contribution < -0.4 is 0 Å². The normalized spacial score (nSPS) is 11.2. The van der Waals surface area contributed by atoms with E-state index in [1.165, 1.54) is 6.07 Å². The third-order valence-electron chi connectivity index (χ3n) is 3.12. The molecule has 0 saturated carbocycles. The van der Waals surface area contributed by atoms with Gasteiger partial charge in [-0.05, 0) is 46.7 Å². The second-order valence-corrected chi connectivity index (χ2v) is 5.64. The number of hydrogen-bond acceptors (Lipinski definition) is 1. The summed E-state index contributed by atoms with van der Waals surface area (Å²) in [6.45, 7) is 1.94. The van der Waals surface area contributed by atoms with Crippen LogP contribution in [0.15, 0.2) is 34.8 Å². The quantitative estimate of drug-likeness (QED) is 0.607. The predicted molar refractivity (Wildman–Crippen MR) is 80.8 cm³/mol. The molecule has 0 aliphatic heterocycles. The largest absolute Gasteiger partial charge is 0.328 e. The molecule has 2 nitrogen and oxygen atoms in total. The van der Waals surface area contributed by atoms with Crippen molar-refractivity contribution < 1.29 is 8.78 Å². The van der Waals surface area contributed by atoms with Gasteiger partial charge in [-0.15, -0.1) is 0 Å². The summed E-state index contributed by atoms with van der Waals surface area (Å²) in [5, 5.41) is 0. The van der Waals surface area contributed by atoms with Gasteiger partial charge in [0.1, 0.15) is 11.3 Å². The van der Waals surface area contributed by atoms with Crippen molar-refractivity contribution in [3.63, 3.8) is 0 Å². The molecule has 0 spiro atoms. The minimum atomic E-state index is -0.659. The average Bonchev–Trinajstić information content (AvgIpc) is 2.70. The van der Waals surface area contributed by atoms with E-state index in [-0.39, 0.29) is 5.52 Å². The fraction of sp³-hybridized carbons (Fsp3) is 0.0714. The number of benzene rings is 2. The highest BCUT2D eigenvalue weighted by Gasteiger charge is 2.14. The molecule has 0 radical (unpaired) electrons. The van der Waals surface area contributed by atoms with Gasteiger partial charge in [-0.25, -0.2) is 8.78 Å². The van der Waals surface area contributed by atoms with Crippen molar-refractivity contribution in [3.05, 3.63) is 56.8 Å². The SMILES string of the molecule is Cc1cccc(-n2c(=S)[nH]c3c(F)cc(F)cc32)c1Br. The highest BCUT2D eigenvalue weighted by Crippen LogP contribution is 2.29. The second kappa shape index (κ2) is 4.79. The number of aromatic nitrogens is 2. The lowest BCUT2D eigenvalue weighted by atomic mass is 10.2. The average molecular weight is 355 g/mol. The summed E-state index contributed by atoms with van der Waals surface area (Å²) in [6, 6.07) is 7.74. The summed E-state index contributed by atoms with van der Waals surface area (Å²) in [6.07, 6.45) is 0. The van der Waals surface area contributed by atoms with E-state index in [4.69, 9.17) is 12.2 Å². The maximum absolute atomic E-state index is 13.8. The first-order valence-electron chi connectivity index (χ1n) is 5.84. The first kappa shape index (κ1) is 13.5. The van der Waals surface area contributed by atoms with Gasteiger partial charge >= 0.3 is 0 Å². The van der Waals surface area contributed by atoms with Crippen molar-refractivity contribution in [2.75, 3.05) is 0 Å². The molecular formula is C14H9BrF2N2S. The molecule has 1 N–H and O–H groups in total. The number of nitrogens with zero attached hydrogens (tertiary/aromatic N) is 1. The number of aryl methyl sites for hydroxylation is 1. The monoisotopic (exact) mass is 354 g/mol. The molecule has 0 fully saturated rings. The zero-order chi connectivity index (χ0) is 14.4. The Labute approximate surface area is 127 Å². The van der Waals surface area contributed by atoms with Crippen molar-refractivity contribution in [1.82, 2.24) is 9.55 Å². The molecule has 3 rings (SSSR count). The van der Waals surface area contributed by atoms with Crippen molar-refractivity contribution in [2.45, 2.75) is 6.92 Å². The van der Waals surface area contributed by atoms with E-state index in [1.807, 2.05) is 25.1 Å². The number of fused-ring (bicyclic) bond motifs is 1. The molecular weight excluding hydrogens is 346 g/mol. The first-order chi connectivity index (χ1) is 9.49. The van der Waals surface area contributed by atoms with Crippen LogP contribution in [0.25, 0.3) is 16.7 Å². The van der Waals surface area contributed by atoms with Gasteiger partial charge in [0.15, 0.2) is 10.6 Å². The van der Waals surface area contributed by atoms with Crippen LogP contribution in [-0.4, -0.2) is 9.55 Å². The van der Waals surface area contributed by atoms with E-state index in [0.29, 0.717) is 10.3 Å². The summed E-state index contributed by atoms with van der Waals surface area (Å²) in [5.74, 6) is -1.30. The molecule has 0 aliphatic carbocycles. The van der Waals surface area contributed by atoms with E-state index >= 15 is 0 Å². The molecule has 20 heavy (non-hydrogen) atoms. The Balaban J connectivity index is 2.45. The summed E-state index contributed by atoms with van der Waals surface area (Å²) >= 11 is 8.73. The van der Waals surface area contributed by atoms with Crippen LogP contribution in [0, 0.1) is 23.3 Å². The topological polar surface area (TPSA) is 20.7 Å². The molecule has 0 unspecified atom stereocenters. The van der Waals surface area contributed by atoms with Crippen molar-refractivity contribution in [3.8, 4) is 5.69 Å². The van der Waals surface area contributed by atoms with Gasteiger partial charge in [0.2, 0.25) is 0 Å². The lowest BCUT2D eigenvalue weighted by Gasteiger charge is -2.09. The summed E-state index contributed by atoms with van der Waals surface area (Å²) in [7, 11) is 0. The second-order valence-electron chi connectivity index (χ2n) is 4.46. The summed E-state index contributed by atoms with van der Waals surface area (Å²) < 4.78 is 30.0. The fourth-order valence-corrected chi connectivity index (χ4v) is 2.92. The van der Waals surface area contributed by atoms with Gasteiger partial charge in [-0.3, -0.25) is 4.57 Å². The molecule has 0 bridgehead atoms. The highest BCUT2D eigenvalue weighted by atomic mass is 79.9. The van der Waals surface area contributed by atoms with Gasteiger partial charge < -0.3 is 4.98 Å². The van der Waals surface area contributed by atoms with E-state index in [9.17, 15) is 8.78 Å². The summed E-state index contributed by atoms with van der Waals surface area (Å²) in [4.78, 5) is 2.78. The maximum atomic E-state index is 13.8. The lowest BCUT2D eigenvalue weighted by molar-refractivity contribution is 0.590. The van der Waals surface area contributed by atoms with Crippen LogP contribution in [-0.2, 0) is 0 Å². The molecule has 1 heterocycles. The van der Waals surface area contributed by atoms with Crippen LogP contribution in [0.1, 0.15) is 5.56 Å². The molecule has 6 heteroatoms. The lowest BCUT2D eigenvalue weighted by Crippen LogP contribution is -1.97. The maximum Gasteiger partial charge on any atom is 0.182 e. The molecule has 0 aliphatic rings. The molecule has 0 saturated heterocycles. The van der Waals surface area contributed by atoms with Crippen LogP contribution in [0.5, 0.6) is 0 Å². The molecule has 0 amide bonds. The number of aromatic amines is 1. The van der Waals surface area contributed by atoms with Crippen molar-refractivity contribution >= 4 is 39.2 Å². The van der Waals surface area contributed by atoms with E-state index in [0.717, 1.165) is 21.8 Å². The number of halogens is 3. The van der Waals surface area contributed by atoms with E-state index < -0.39 is 11.6 Å². The van der Waals surface area contributed by atoms with E-state index in [2.05, 4.69) is 20.9 Å². The van der Waals surface area contributed by atoms with Gasteiger partial charge in [-0.1, -0.05) is 12.1 Å². The van der Waals surface area contributed by atoms with Gasteiger partial charge in [-0.2, -0.15) is 0 Å². The van der Waals surface area contributed by atoms with Crippen molar-refractivity contribution in [2.24, 2.45) is 0 Å². The minimum Gasteiger partial charge on any atom is -0.328 e. The third kappa shape index (κ3) is 1.99. The standard InChI is InChI=1S/C14H9BrF2N2S/c1-7-3-2-4-10(12(7)15)19-11-6-8(16)5-9(17)13(11)18-14(19)20/h2-6H,1H3,(H,18,20). The van der Waals surface area contributed by atoms with Gasteiger partial charge in [0.05, 0.1) is 11.2 Å². The van der Waals surface area contributed by atoms with Gasteiger partial charge in [0, 0.05) is 16.6 Å². The molecule has 102 valence electrons. The van der Waals surface area contributed by atoms with Crippen LogP contribution >= 0.6 is 28.1 Å². The van der Waals surface area contributed by atoms with Crippen molar-refractivity contribution in [1.29, 1.82) is 0 Å². The Hall–Kier alpha value is -1.53. The number of nitrogens with one attached hydrogen (secondary N) is 1. The number of hydrogen-bond donors (Lipinski definition) is 1. The Kier molecular flexibility index (Phi) is 3.22. The first-order valence-corrected chi connectivity index (χ1v) is 7.04. The minimum absolute atomic E-state index is 0.199. The Morgan fingerprint density at radius 3 is 2.75 bits per heavy atom. The van der Waals surface area contributed by atoms with E-state index in [1.54, 1.807) is 4.57 Å². The summed E-state index contributed by atoms with van der Waals surface area (Å²) in [5.41, 5.74) is 2.32. The van der Waals surface area contributed by atoms with Gasteiger partial charge in [0.25, 0.3) is 0 Å². The Bertz CT molecular complexity index is 883. The van der Waals surface area contributed by atoms with Crippen LogP contribution in [0.3, 0.4) is 0 Å². The highest BCUT2D eigenvalue weighted by molar-refractivity contribution is 9.10. The smallest absolute Gasteiger partial charge is 0.182 e. The molecule has 2 aromatic carbocycles. The number of imidazole rings is 1. The Morgan fingerprint density at radius 1 is 1.25 bits per heavy atom. The van der Waals surface area contributed by atoms with Crippen LogP contribution in [0.4, 0.5) is 8.78 Å². The van der Waals surface area contributed by atoms with Crippen LogP contribution in [0.2, 0.25) is 0 Å².